The van der Waals surface area contributed by atoms with Crippen molar-refractivity contribution in [3.8, 4) is 5.75 Å². The SMILES string of the molecule is CCOc1ccc(C(C)=O)c(F)c1I. The highest BCUT2D eigenvalue weighted by Crippen LogP contribution is 2.26. The summed E-state index contributed by atoms with van der Waals surface area (Å²) in [5.74, 6) is -0.289. The number of carbonyl (C=O) groups excluding carboxylic acids is 1. The summed E-state index contributed by atoms with van der Waals surface area (Å²) >= 11 is 1.84. The van der Waals surface area contributed by atoms with E-state index in [0.29, 0.717) is 15.9 Å². The van der Waals surface area contributed by atoms with Gasteiger partial charge in [0.15, 0.2) is 11.6 Å². The molecule has 2 nitrogen and oxygen atoms in total. The number of rotatable bonds is 3. The van der Waals surface area contributed by atoms with Crippen molar-refractivity contribution in [3.63, 3.8) is 0 Å². The van der Waals surface area contributed by atoms with Crippen LogP contribution < -0.4 is 4.74 Å². The first kappa shape index (κ1) is 11.4. The molecular formula is C10H10FIO2. The lowest BCUT2D eigenvalue weighted by Gasteiger charge is -2.08. The predicted molar refractivity (Wildman–Crippen MR) is 60.3 cm³/mol. The summed E-state index contributed by atoms with van der Waals surface area (Å²) in [7, 11) is 0. The molecular weight excluding hydrogens is 298 g/mol. The second kappa shape index (κ2) is 4.72. The number of hydrogen-bond donors (Lipinski definition) is 0. The van der Waals surface area contributed by atoms with E-state index in [0.717, 1.165) is 0 Å². The van der Waals surface area contributed by atoms with Crippen molar-refractivity contribution in [1.29, 1.82) is 0 Å². The molecule has 14 heavy (non-hydrogen) atoms. The van der Waals surface area contributed by atoms with Crippen LogP contribution in [0.15, 0.2) is 12.1 Å². The standard InChI is InChI=1S/C10H10FIO2/c1-3-14-8-5-4-7(6(2)13)9(11)10(8)12/h4-5H,3H2,1-2H3. The average Bonchev–Trinajstić information content (AvgIpc) is 2.13. The summed E-state index contributed by atoms with van der Waals surface area (Å²) in [5, 5.41) is 0. The summed E-state index contributed by atoms with van der Waals surface area (Å²) in [6.45, 7) is 3.65. The predicted octanol–water partition coefficient (Wildman–Crippen LogP) is 3.03. The molecule has 0 aromatic heterocycles. The zero-order chi connectivity index (χ0) is 10.7. The molecule has 0 aliphatic carbocycles. The van der Waals surface area contributed by atoms with Crippen molar-refractivity contribution >= 4 is 28.4 Å². The van der Waals surface area contributed by atoms with Crippen molar-refractivity contribution in [1.82, 2.24) is 0 Å². The Morgan fingerprint density at radius 3 is 2.71 bits per heavy atom. The summed E-state index contributed by atoms with van der Waals surface area (Å²) in [6, 6.07) is 3.07. The van der Waals surface area contributed by atoms with Gasteiger partial charge in [0.2, 0.25) is 0 Å². The topological polar surface area (TPSA) is 26.3 Å². The number of halogens is 2. The summed E-state index contributed by atoms with van der Waals surface area (Å²) in [5.41, 5.74) is 0.109. The molecule has 0 N–H and O–H groups in total. The number of carbonyl (C=O) groups is 1. The van der Waals surface area contributed by atoms with Crippen molar-refractivity contribution in [3.05, 3.63) is 27.1 Å². The van der Waals surface area contributed by atoms with Crippen LogP contribution in [0.5, 0.6) is 5.75 Å². The van der Waals surface area contributed by atoms with E-state index in [1.807, 2.05) is 29.5 Å². The first-order chi connectivity index (χ1) is 6.57. The molecule has 0 radical (unpaired) electrons. The van der Waals surface area contributed by atoms with Gasteiger partial charge in [0.05, 0.1) is 15.7 Å². The van der Waals surface area contributed by atoms with Crippen LogP contribution >= 0.6 is 22.6 Å². The van der Waals surface area contributed by atoms with Crippen LogP contribution in [0.25, 0.3) is 0 Å². The molecule has 76 valence electrons. The third kappa shape index (κ3) is 2.23. The molecule has 0 unspecified atom stereocenters. The van der Waals surface area contributed by atoms with Gasteiger partial charge in [0.1, 0.15) is 5.75 Å². The lowest BCUT2D eigenvalue weighted by atomic mass is 10.1. The molecule has 1 rings (SSSR count). The summed E-state index contributed by atoms with van der Waals surface area (Å²) in [6.07, 6.45) is 0. The van der Waals surface area contributed by atoms with Crippen molar-refractivity contribution in [2.45, 2.75) is 13.8 Å². The molecule has 1 aromatic rings. The van der Waals surface area contributed by atoms with Crippen LogP contribution in [-0.4, -0.2) is 12.4 Å². The van der Waals surface area contributed by atoms with Gasteiger partial charge >= 0.3 is 0 Å². The Bertz CT molecular complexity index is 363. The third-order valence-electron chi connectivity index (χ3n) is 1.73. The average molecular weight is 308 g/mol. The lowest BCUT2D eigenvalue weighted by molar-refractivity contribution is 0.101. The van der Waals surface area contributed by atoms with E-state index in [1.165, 1.54) is 13.0 Å². The highest BCUT2D eigenvalue weighted by Gasteiger charge is 2.14. The normalized spacial score (nSPS) is 10.0. The Labute approximate surface area is 95.6 Å². The minimum absolute atomic E-state index is 0.109. The molecule has 0 amide bonds. The van der Waals surface area contributed by atoms with E-state index < -0.39 is 5.82 Å². The molecule has 0 heterocycles. The maximum Gasteiger partial charge on any atom is 0.162 e. The van der Waals surface area contributed by atoms with Gasteiger partial charge in [-0.3, -0.25) is 4.79 Å². The van der Waals surface area contributed by atoms with Crippen LogP contribution in [0, 0.1) is 9.39 Å². The lowest BCUT2D eigenvalue weighted by Crippen LogP contribution is -2.02. The van der Waals surface area contributed by atoms with Gasteiger partial charge in [-0.05, 0) is 48.6 Å². The Morgan fingerprint density at radius 1 is 1.57 bits per heavy atom. The summed E-state index contributed by atoms with van der Waals surface area (Å²) < 4.78 is 19.1. The van der Waals surface area contributed by atoms with Gasteiger partial charge in [-0.2, -0.15) is 0 Å². The van der Waals surface area contributed by atoms with E-state index in [1.54, 1.807) is 6.07 Å². The van der Waals surface area contributed by atoms with Crippen molar-refractivity contribution < 1.29 is 13.9 Å². The van der Waals surface area contributed by atoms with Crippen molar-refractivity contribution in [2.24, 2.45) is 0 Å². The Kier molecular flexibility index (Phi) is 3.86. The van der Waals surface area contributed by atoms with Crippen LogP contribution in [0.1, 0.15) is 24.2 Å². The smallest absolute Gasteiger partial charge is 0.162 e. The molecule has 0 spiro atoms. The molecule has 0 fully saturated rings. The first-order valence-electron chi connectivity index (χ1n) is 4.19. The minimum atomic E-state index is -0.496. The Balaban J connectivity index is 3.19. The van der Waals surface area contributed by atoms with Crippen LogP contribution in [-0.2, 0) is 0 Å². The molecule has 0 bridgehead atoms. The number of hydrogen-bond acceptors (Lipinski definition) is 2. The molecule has 0 atom stereocenters. The van der Waals surface area contributed by atoms with E-state index in [9.17, 15) is 9.18 Å². The summed E-state index contributed by atoms with van der Waals surface area (Å²) in [4.78, 5) is 11.0. The van der Waals surface area contributed by atoms with Crippen LogP contribution in [0.4, 0.5) is 4.39 Å². The van der Waals surface area contributed by atoms with Gasteiger partial charge in [-0.25, -0.2) is 4.39 Å². The van der Waals surface area contributed by atoms with E-state index in [2.05, 4.69) is 0 Å². The van der Waals surface area contributed by atoms with E-state index >= 15 is 0 Å². The first-order valence-corrected chi connectivity index (χ1v) is 5.27. The van der Waals surface area contributed by atoms with Crippen molar-refractivity contribution in [2.75, 3.05) is 6.61 Å². The Hall–Kier alpha value is -0.650. The molecule has 0 saturated carbocycles. The van der Waals surface area contributed by atoms with Gasteiger partial charge in [0.25, 0.3) is 0 Å². The fraction of sp³-hybridized carbons (Fsp3) is 0.300. The van der Waals surface area contributed by atoms with Gasteiger partial charge in [-0.1, -0.05) is 0 Å². The third-order valence-corrected chi connectivity index (χ3v) is 2.73. The minimum Gasteiger partial charge on any atom is -0.493 e. The monoisotopic (exact) mass is 308 g/mol. The molecule has 1 aromatic carbocycles. The number of benzene rings is 1. The number of ether oxygens (including phenoxy) is 1. The highest BCUT2D eigenvalue weighted by atomic mass is 127. The van der Waals surface area contributed by atoms with Crippen LogP contribution in [0.3, 0.4) is 0 Å². The molecule has 0 aliphatic heterocycles. The maximum absolute atomic E-state index is 13.5. The largest absolute Gasteiger partial charge is 0.493 e. The zero-order valence-corrected chi connectivity index (χ0v) is 10.1. The van der Waals surface area contributed by atoms with Gasteiger partial charge in [0, 0.05) is 0 Å². The molecule has 0 aliphatic rings. The second-order valence-electron chi connectivity index (χ2n) is 2.73. The molecule has 0 saturated heterocycles. The fourth-order valence-corrected chi connectivity index (χ4v) is 1.70. The Morgan fingerprint density at radius 2 is 2.21 bits per heavy atom. The number of Topliss-reactive ketones (excluding diaryl/α,β-unsaturated/α-hetero) is 1. The van der Waals surface area contributed by atoms with Gasteiger partial charge < -0.3 is 4.74 Å². The second-order valence-corrected chi connectivity index (χ2v) is 3.81. The van der Waals surface area contributed by atoms with E-state index in [-0.39, 0.29) is 11.3 Å². The van der Waals surface area contributed by atoms with E-state index in [4.69, 9.17) is 4.74 Å². The highest BCUT2D eigenvalue weighted by molar-refractivity contribution is 14.1. The molecule has 4 heteroatoms. The van der Waals surface area contributed by atoms with Crippen LogP contribution in [0.2, 0.25) is 0 Å². The number of ketones is 1. The zero-order valence-electron chi connectivity index (χ0n) is 7.93. The van der Waals surface area contributed by atoms with Gasteiger partial charge in [-0.15, -0.1) is 0 Å². The maximum atomic E-state index is 13.5. The fourth-order valence-electron chi connectivity index (χ4n) is 1.07. The quantitative estimate of drug-likeness (QED) is 0.634.